The summed E-state index contributed by atoms with van der Waals surface area (Å²) in [5, 5.41) is 13.2. The number of likely N-dealkylation sites (tertiary alicyclic amines) is 1. The minimum atomic E-state index is -0.131. The third-order valence-electron chi connectivity index (χ3n) is 5.66. The highest BCUT2D eigenvalue weighted by Gasteiger charge is 2.28. The first-order valence-corrected chi connectivity index (χ1v) is 11.1. The zero-order valence-corrected chi connectivity index (χ0v) is 17.6. The van der Waals surface area contributed by atoms with Crippen molar-refractivity contribution in [2.24, 2.45) is 11.8 Å². The van der Waals surface area contributed by atoms with Gasteiger partial charge in [0.25, 0.3) is 0 Å². The maximum Gasteiger partial charge on any atom is 0.310 e. The summed E-state index contributed by atoms with van der Waals surface area (Å²) in [6.45, 7) is 6.63. The Hall–Kier alpha value is -1.91. The minimum absolute atomic E-state index is 0.0681. The van der Waals surface area contributed by atoms with Gasteiger partial charge in [0.1, 0.15) is 11.1 Å². The van der Waals surface area contributed by atoms with Crippen molar-refractivity contribution >= 4 is 28.2 Å². The molecule has 0 radical (unpaired) electrons. The van der Waals surface area contributed by atoms with E-state index in [1.54, 1.807) is 11.3 Å². The van der Waals surface area contributed by atoms with E-state index in [9.17, 15) is 14.9 Å². The van der Waals surface area contributed by atoms with E-state index in [1.165, 1.54) is 4.88 Å². The van der Waals surface area contributed by atoms with Gasteiger partial charge in [0.15, 0.2) is 0 Å². The molecule has 0 saturated carbocycles. The van der Waals surface area contributed by atoms with Crippen LogP contribution in [0, 0.1) is 23.2 Å². The fourth-order valence-corrected chi connectivity index (χ4v) is 5.49. The van der Waals surface area contributed by atoms with Gasteiger partial charge in [-0.1, -0.05) is 6.92 Å². The number of carbonyl (C=O) groups is 2. The van der Waals surface area contributed by atoms with Crippen LogP contribution >= 0.6 is 11.3 Å². The molecule has 0 spiro atoms. The molecule has 1 aromatic heterocycles. The second kappa shape index (κ2) is 9.53. The summed E-state index contributed by atoms with van der Waals surface area (Å²) >= 11 is 1.56. The van der Waals surface area contributed by atoms with E-state index in [0.29, 0.717) is 42.6 Å². The topological polar surface area (TPSA) is 82.4 Å². The molecule has 1 aliphatic heterocycles. The first-order valence-electron chi connectivity index (χ1n) is 10.2. The van der Waals surface area contributed by atoms with Crippen LogP contribution in [0.15, 0.2) is 0 Å². The Labute approximate surface area is 170 Å². The number of carbonyl (C=O) groups excluding carboxylic acids is 2. The average molecular weight is 404 g/mol. The molecular formula is C21H29N3O3S. The van der Waals surface area contributed by atoms with Crippen LogP contribution in [0.3, 0.4) is 0 Å². The molecule has 2 heterocycles. The van der Waals surface area contributed by atoms with Crippen molar-refractivity contribution in [1.82, 2.24) is 4.90 Å². The van der Waals surface area contributed by atoms with Crippen LogP contribution in [0.5, 0.6) is 0 Å². The van der Waals surface area contributed by atoms with Crippen molar-refractivity contribution in [3.05, 3.63) is 16.0 Å². The van der Waals surface area contributed by atoms with Gasteiger partial charge in [0, 0.05) is 24.4 Å². The maximum absolute atomic E-state index is 12.5. The minimum Gasteiger partial charge on any atom is -0.466 e. The number of ether oxygens (including phenoxy) is 1. The largest absolute Gasteiger partial charge is 0.466 e. The standard InChI is InChI=1S/C21H29N3O3S/c1-3-27-21(26)15-5-4-9-24(13-15)10-8-19(25)23-20-17(12-22)16-7-6-14(2)11-18(16)28-20/h14-15H,3-11,13H2,1-2H3,(H,23,25)/t14-,15+/m0/s1. The molecule has 1 amide bonds. The monoisotopic (exact) mass is 403 g/mol. The van der Waals surface area contributed by atoms with Gasteiger partial charge in [-0.2, -0.15) is 5.26 Å². The highest BCUT2D eigenvalue weighted by atomic mass is 32.1. The Morgan fingerprint density at radius 2 is 2.21 bits per heavy atom. The lowest BCUT2D eigenvalue weighted by Crippen LogP contribution is -2.40. The number of amides is 1. The molecule has 1 aliphatic carbocycles. The van der Waals surface area contributed by atoms with E-state index in [0.717, 1.165) is 44.2 Å². The third kappa shape index (κ3) is 4.92. The van der Waals surface area contributed by atoms with Crippen LogP contribution in [0.4, 0.5) is 5.00 Å². The summed E-state index contributed by atoms with van der Waals surface area (Å²) in [6, 6.07) is 2.29. The van der Waals surface area contributed by atoms with Crippen LogP contribution in [0.2, 0.25) is 0 Å². The fourth-order valence-electron chi connectivity index (χ4n) is 4.12. The maximum atomic E-state index is 12.5. The molecule has 1 saturated heterocycles. The molecule has 3 rings (SSSR count). The van der Waals surface area contributed by atoms with Crippen LogP contribution in [0.25, 0.3) is 0 Å². The fraction of sp³-hybridized carbons (Fsp3) is 0.667. The molecule has 1 fully saturated rings. The van der Waals surface area contributed by atoms with Crippen molar-refractivity contribution in [3.8, 4) is 6.07 Å². The zero-order chi connectivity index (χ0) is 20.1. The van der Waals surface area contributed by atoms with Gasteiger partial charge < -0.3 is 15.0 Å². The van der Waals surface area contributed by atoms with Gasteiger partial charge in [-0.15, -0.1) is 11.3 Å². The second-order valence-corrected chi connectivity index (χ2v) is 8.96. The number of anilines is 1. The number of esters is 1. The Kier molecular flexibility index (Phi) is 7.08. The van der Waals surface area contributed by atoms with E-state index < -0.39 is 0 Å². The SMILES string of the molecule is CCOC(=O)[C@@H]1CCCN(CCC(=O)Nc2sc3c(c2C#N)CC[C@H](C)C3)C1. The predicted octanol–water partition coefficient (Wildman–Crippen LogP) is 3.35. The molecule has 2 atom stereocenters. The lowest BCUT2D eigenvalue weighted by molar-refractivity contribution is -0.149. The Balaban J connectivity index is 1.54. The quantitative estimate of drug-likeness (QED) is 0.737. The number of rotatable bonds is 6. The van der Waals surface area contributed by atoms with Gasteiger partial charge in [-0.25, -0.2) is 0 Å². The van der Waals surface area contributed by atoms with E-state index in [1.807, 2.05) is 6.92 Å². The number of fused-ring (bicyclic) bond motifs is 1. The molecule has 152 valence electrons. The number of hydrogen-bond acceptors (Lipinski definition) is 6. The number of nitriles is 1. The molecule has 1 aromatic rings. The Morgan fingerprint density at radius 3 is 2.96 bits per heavy atom. The van der Waals surface area contributed by atoms with E-state index in [2.05, 4.69) is 23.2 Å². The van der Waals surface area contributed by atoms with E-state index in [-0.39, 0.29) is 17.8 Å². The molecule has 28 heavy (non-hydrogen) atoms. The first-order chi connectivity index (χ1) is 13.5. The van der Waals surface area contributed by atoms with Crippen LogP contribution in [-0.2, 0) is 27.2 Å². The predicted molar refractivity (Wildman–Crippen MR) is 109 cm³/mol. The van der Waals surface area contributed by atoms with Crippen molar-refractivity contribution in [2.45, 2.75) is 52.4 Å². The summed E-state index contributed by atoms with van der Waals surface area (Å²) in [4.78, 5) is 27.9. The van der Waals surface area contributed by atoms with Crippen LogP contribution < -0.4 is 5.32 Å². The average Bonchev–Trinajstić information content (AvgIpc) is 3.02. The number of thiophene rings is 1. The molecular weight excluding hydrogens is 374 g/mol. The van der Waals surface area contributed by atoms with Gasteiger partial charge in [0.2, 0.25) is 5.91 Å². The van der Waals surface area contributed by atoms with Gasteiger partial charge in [0.05, 0.1) is 18.1 Å². The molecule has 2 aliphatic rings. The smallest absolute Gasteiger partial charge is 0.310 e. The highest BCUT2D eigenvalue weighted by molar-refractivity contribution is 7.16. The third-order valence-corrected chi connectivity index (χ3v) is 6.83. The van der Waals surface area contributed by atoms with Crippen LogP contribution in [0.1, 0.15) is 55.5 Å². The zero-order valence-electron chi connectivity index (χ0n) is 16.8. The molecule has 6 nitrogen and oxygen atoms in total. The van der Waals surface area contributed by atoms with Crippen molar-refractivity contribution in [1.29, 1.82) is 5.26 Å². The van der Waals surface area contributed by atoms with Crippen LogP contribution in [-0.4, -0.2) is 43.0 Å². The number of hydrogen-bond donors (Lipinski definition) is 1. The molecule has 1 N–H and O–H groups in total. The summed E-state index contributed by atoms with van der Waals surface area (Å²) in [5.74, 6) is 0.343. The number of nitrogens with zero attached hydrogens (tertiary/aromatic N) is 2. The van der Waals surface area contributed by atoms with E-state index in [4.69, 9.17) is 4.74 Å². The molecule has 0 unspecified atom stereocenters. The summed E-state index contributed by atoms with van der Waals surface area (Å²) < 4.78 is 5.13. The van der Waals surface area contributed by atoms with Crippen molar-refractivity contribution in [2.75, 3.05) is 31.6 Å². The molecule has 7 heteroatoms. The van der Waals surface area contributed by atoms with Crippen molar-refractivity contribution < 1.29 is 14.3 Å². The lowest BCUT2D eigenvalue weighted by Gasteiger charge is -2.31. The summed E-state index contributed by atoms with van der Waals surface area (Å²) in [7, 11) is 0. The second-order valence-electron chi connectivity index (χ2n) is 7.86. The number of piperidine rings is 1. The molecule has 0 aromatic carbocycles. The van der Waals surface area contributed by atoms with Gasteiger partial charge in [-0.05, 0) is 57.1 Å². The summed E-state index contributed by atoms with van der Waals surface area (Å²) in [5.41, 5.74) is 1.79. The Bertz CT molecular complexity index is 768. The van der Waals surface area contributed by atoms with Gasteiger partial charge in [-0.3, -0.25) is 9.59 Å². The lowest BCUT2D eigenvalue weighted by atomic mass is 9.89. The first kappa shape index (κ1) is 20.8. The normalized spacial score (nSPS) is 22.2. The Morgan fingerprint density at radius 1 is 1.39 bits per heavy atom. The number of nitrogens with one attached hydrogen (secondary N) is 1. The molecule has 0 bridgehead atoms. The highest BCUT2D eigenvalue weighted by Crippen LogP contribution is 2.39. The van der Waals surface area contributed by atoms with Crippen molar-refractivity contribution in [3.63, 3.8) is 0 Å². The van der Waals surface area contributed by atoms with E-state index >= 15 is 0 Å². The summed E-state index contributed by atoms with van der Waals surface area (Å²) in [6.07, 6.45) is 5.18. The van der Waals surface area contributed by atoms with Gasteiger partial charge >= 0.3 is 5.97 Å².